The molecule has 1 fully saturated rings. The Morgan fingerprint density at radius 1 is 1.27 bits per heavy atom. The predicted octanol–water partition coefficient (Wildman–Crippen LogP) is 2.96. The van der Waals surface area contributed by atoms with Crippen LogP contribution in [0.4, 0.5) is 0 Å². The summed E-state index contributed by atoms with van der Waals surface area (Å²) in [5.41, 5.74) is 4.01. The Hall–Kier alpha value is -2.50. The van der Waals surface area contributed by atoms with E-state index < -0.39 is 0 Å². The Kier molecular flexibility index (Phi) is 5.20. The lowest BCUT2D eigenvalue weighted by atomic mass is 10.0. The minimum Gasteiger partial charge on any atom is -0.497 e. The van der Waals surface area contributed by atoms with Crippen molar-refractivity contribution in [2.75, 3.05) is 20.8 Å². The van der Waals surface area contributed by atoms with E-state index in [4.69, 9.17) is 9.47 Å². The van der Waals surface area contributed by atoms with Crippen LogP contribution in [0.15, 0.2) is 18.2 Å². The van der Waals surface area contributed by atoms with Gasteiger partial charge in [-0.25, -0.2) is 0 Å². The largest absolute Gasteiger partial charge is 0.497 e. The summed E-state index contributed by atoms with van der Waals surface area (Å²) >= 11 is 0. The zero-order valence-corrected chi connectivity index (χ0v) is 16.2. The molecule has 1 atom stereocenters. The number of ether oxygens (including phenoxy) is 2. The van der Waals surface area contributed by atoms with Gasteiger partial charge in [0.2, 0.25) is 5.91 Å². The molecule has 1 aromatic carbocycles. The maximum atomic E-state index is 13.1. The molecule has 2 aromatic rings. The number of carbonyl (C=O) groups is 1. The lowest BCUT2D eigenvalue weighted by Crippen LogP contribution is -2.32. The standard InChI is InChI=1S/C20H27N3O3/c1-13-16(14(2)22(3)21-13)12-20(24)23-10-6-7-18(23)17-11-15(25-4)8-9-19(17)26-5/h8-9,11,18H,6-7,10,12H2,1-5H3. The van der Waals surface area contributed by atoms with Crippen molar-refractivity contribution in [2.45, 2.75) is 39.2 Å². The molecule has 3 rings (SSSR count). The quantitative estimate of drug-likeness (QED) is 0.825. The molecule has 6 heteroatoms. The Bertz CT molecular complexity index is 813. The number of aromatic nitrogens is 2. The Morgan fingerprint density at radius 3 is 2.65 bits per heavy atom. The second-order valence-electron chi connectivity index (χ2n) is 6.80. The van der Waals surface area contributed by atoms with Crippen LogP contribution in [0, 0.1) is 13.8 Å². The summed E-state index contributed by atoms with van der Waals surface area (Å²) in [5, 5.41) is 4.43. The number of hydrogen-bond donors (Lipinski definition) is 0. The lowest BCUT2D eigenvalue weighted by molar-refractivity contribution is -0.131. The summed E-state index contributed by atoms with van der Waals surface area (Å²) in [5.74, 6) is 1.71. The molecule has 0 bridgehead atoms. The van der Waals surface area contributed by atoms with E-state index in [2.05, 4.69) is 5.10 Å². The van der Waals surface area contributed by atoms with Crippen molar-refractivity contribution >= 4 is 5.91 Å². The zero-order valence-electron chi connectivity index (χ0n) is 16.2. The molecule has 0 spiro atoms. The molecule has 1 aromatic heterocycles. The van der Waals surface area contributed by atoms with Crippen LogP contribution in [0.25, 0.3) is 0 Å². The number of likely N-dealkylation sites (tertiary alicyclic amines) is 1. The van der Waals surface area contributed by atoms with E-state index in [1.54, 1.807) is 14.2 Å². The van der Waals surface area contributed by atoms with Gasteiger partial charge in [0.05, 0.1) is 32.4 Å². The van der Waals surface area contributed by atoms with Gasteiger partial charge in [0.1, 0.15) is 11.5 Å². The van der Waals surface area contributed by atoms with Gasteiger partial charge in [-0.15, -0.1) is 0 Å². The molecule has 1 unspecified atom stereocenters. The number of methoxy groups -OCH3 is 2. The van der Waals surface area contributed by atoms with Crippen molar-refractivity contribution in [2.24, 2.45) is 7.05 Å². The van der Waals surface area contributed by atoms with E-state index in [-0.39, 0.29) is 11.9 Å². The number of rotatable bonds is 5. The molecule has 0 N–H and O–H groups in total. The maximum absolute atomic E-state index is 13.1. The molecule has 6 nitrogen and oxygen atoms in total. The highest BCUT2D eigenvalue weighted by atomic mass is 16.5. The van der Waals surface area contributed by atoms with Crippen LogP contribution in [0.3, 0.4) is 0 Å². The minimum absolute atomic E-state index is 0.0184. The van der Waals surface area contributed by atoms with Crippen LogP contribution in [-0.2, 0) is 18.3 Å². The number of aryl methyl sites for hydroxylation is 2. The second kappa shape index (κ2) is 7.40. The summed E-state index contributed by atoms with van der Waals surface area (Å²) in [6, 6.07) is 5.79. The first-order valence-electron chi connectivity index (χ1n) is 8.96. The molecule has 1 saturated heterocycles. The van der Waals surface area contributed by atoms with Gasteiger partial charge in [0.25, 0.3) is 0 Å². The monoisotopic (exact) mass is 357 g/mol. The highest BCUT2D eigenvalue weighted by Gasteiger charge is 2.32. The number of amides is 1. The SMILES string of the molecule is COc1ccc(OC)c(C2CCCN2C(=O)Cc2c(C)nn(C)c2C)c1. The summed E-state index contributed by atoms with van der Waals surface area (Å²) in [7, 11) is 5.22. The summed E-state index contributed by atoms with van der Waals surface area (Å²) in [4.78, 5) is 15.1. The molecule has 140 valence electrons. The van der Waals surface area contributed by atoms with Crippen LogP contribution in [-0.4, -0.2) is 41.4 Å². The maximum Gasteiger partial charge on any atom is 0.227 e. The Balaban J connectivity index is 1.87. The van der Waals surface area contributed by atoms with Crippen LogP contribution in [0.2, 0.25) is 0 Å². The van der Waals surface area contributed by atoms with Crippen LogP contribution < -0.4 is 9.47 Å². The molecule has 2 heterocycles. The van der Waals surface area contributed by atoms with E-state index in [0.717, 1.165) is 53.4 Å². The molecular weight excluding hydrogens is 330 g/mol. The van der Waals surface area contributed by atoms with E-state index in [0.29, 0.717) is 6.42 Å². The third kappa shape index (κ3) is 3.28. The second-order valence-corrected chi connectivity index (χ2v) is 6.80. The zero-order chi connectivity index (χ0) is 18.8. The fourth-order valence-electron chi connectivity index (χ4n) is 3.81. The van der Waals surface area contributed by atoms with E-state index in [1.807, 2.05) is 48.7 Å². The normalized spacial score (nSPS) is 16.8. The van der Waals surface area contributed by atoms with Crippen molar-refractivity contribution < 1.29 is 14.3 Å². The van der Waals surface area contributed by atoms with Crippen LogP contribution in [0.5, 0.6) is 11.5 Å². The van der Waals surface area contributed by atoms with Crippen molar-refractivity contribution in [1.82, 2.24) is 14.7 Å². The van der Waals surface area contributed by atoms with Gasteiger partial charge in [-0.2, -0.15) is 5.10 Å². The van der Waals surface area contributed by atoms with Gasteiger partial charge >= 0.3 is 0 Å². The van der Waals surface area contributed by atoms with Gasteiger partial charge in [0, 0.05) is 30.4 Å². The fourth-order valence-corrected chi connectivity index (χ4v) is 3.81. The average molecular weight is 357 g/mol. The van der Waals surface area contributed by atoms with Crippen LogP contribution in [0.1, 0.15) is 41.4 Å². The lowest BCUT2D eigenvalue weighted by Gasteiger charge is -2.27. The number of benzene rings is 1. The summed E-state index contributed by atoms with van der Waals surface area (Å²) in [6.07, 6.45) is 2.30. The number of carbonyl (C=O) groups excluding carboxylic acids is 1. The Labute approximate surface area is 154 Å². The molecule has 26 heavy (non-hydrogen) atoms. The first-order valence-corrected chi connectivity index (χ1v) is 8.96. The fraction of sp³-hybridized carbons (Fsp3) is 0.500. The molecule has 1 aliphatic heterocycles. The minimum atomic E-state index is 0.0184. The highest BCUT2D eigenvalue weighted by molar-refractivity contribution is 5.80. The van der Waals surface area contributed by atoms with Gasteiger partial charge in [0.15, 0.2) is 0 Å². The summed E-state index contributed by atoms with van der Waals surface area (Å²) < 4.78 is 12.7. The van der Waals surface area contributed by atoms with Gasteiger partial charge in [-0.1, -0.05) is 0 Å². The first kappa shape index (κ1) is 18.3. The molecule has 1 aliphatic rings. The molecular formula is C20H27N3O3. The van der Waals surface area contributed by atoms with Gasteiger partial charge in [-0.3, -0.25) is 9.48 Å². The van der Waals surface area contributed by atoms with Crippen molar-refractivity contribution in [3.8, 4) is 11.5 Å². The van der Waals surface area contributed by atoms with Gasteiger partial charge in [-0.05, 0) is 44.9 Å². The van der Waals surface area contributed by atoms with E-state index >= 15 is 0 Å². The van der Waals surface area contributed by atoms with Crippen molar-refractivity contribution in [1.29, 1.82) is 0 Å². The van der Waals surface area contributed by atoms with Crippen molar-refractivity contribution in [3.63, 3.8) is 0 Å². The third-order valence-electron chi connectivity index (χ3n) is 5.36. The predicted molar refractivity (Wildman–Crippen MR) is 99.6 cm³/mol. The van der Waals surface area contributed by atoms with Gasteiger partial charge < -0.3 is 14.4 Å². The van der Waals surface area contributed by atoms with Crippen LogP contribution >= 0.6 is 0 Å². The average Bonchev–Trinajstić information content (AvgIpc) is 3.22. The van der Waals surface area contributed by atoms with Crippen molar-refractivity contribution in [3.05, 3.63) is 40.7 Å². The topological polar surface area (TPSA) is 56.6 Å². The molecule has 0 aliphatic carbocycles. The molecule has 1 amide bonds. The summed E-state index contributed by atoms with van der Waals surface area (Å²) in [6.45, 7) is 4.74. The molecule has 0 saturated carbocycles. The molecule has 0 radical (unpaired) electrons. The van der Waals surface area contributed by atoms with E-state index in [9.17, 15) is 4.79 Å². The third-order valence-corrected chi connectivity index (χ3v) is 5.36. The first-order chi connectivity index (χ1) is 12.5. The van der Waals surface area contributed by atoms with E-state index in [1.165, 1.54) is 0 Å². The number of nitrogens with zero attached hydrogens (tertiary/aromatic N) is 3. The smallest absolute Gasteiger partial charge is 0.227 e. The highest BCUT2D eigenvalue weighted by Crippen LogP contribution is 2.39. The number of hydrogen-bond acceptors (Lipinski definition) is 4. The Morgan fingerprint density at radius 2 is 2.04 bits per heavy atom.